The van der Waals surface area contributed by atoms with Gasteiger partial charge >= 0.3 is 11.9 Å². The topological polar surface area (TPSA) is 136 Å². The summed E-state index contributed by atoms with van der Waals surface area (Å²) in [6.07, 6.45) is 0. The molecule has 0 spiro atoms. The summed E-state index contributed by atoms with van der Waals surface area (Å²) in [5, 5.41) is 20.1. The first-order valence-electron chi connectivity index (χ1n) is 8.02. The van der Waals surface area contributed by atoms with Crippen molar-refractivity contribution < 1.29 is 43.9 Å². The number of rotatable bonds is 5. The maximum Gasteiger partial charge on any atom is 0.339 e. The van der Waals surface area contributed by atoms with Gasteiger partial charge in [-0.2, -0.15) is 4.89 Å². The molecule has 0 saturated carbocycles. The molecule has 0 bridgehead atoms. The van der Waals surface area contributed by atoms with Crippen LogP contribution in [0.2, 0.25) is 0 Å². The Kier molecular flexibility index (Phi) is 5.10. The molecule has 0 unspecified atom stereocenters. The third-order valence-electron chi connectivity index (χ3n) is 3.92. The molecule has 2 aromatic rings. The highest BCUT2D eigenvalue weighted by Crippen LogP contribution is 2.37. The van der Waals surface area contributed by atoms with Gasteiger partial charge in [0.2, 0.25) is 5.78 Å². The number of benzene rings is 2. The molecule has 0 aromatic heterocycles. The van der Waals surface area contributed by atoms with Gasteiger partial charge < -0.3 is 14.9 Å². The molecule has 2 aromatic carbocycles. The second-order valence-electron chi connectivity index (χ2n) is 5.89. The largest absolute Gasteiger partial charge is 0.507 e. The van der Waals surface area contributed by atoms with E-state index in [0.29, 0.717) is 0 Å². The summed E-state index contributed by atoms with van der Waals surface area (Å²) in [5.41, 5.74) is -0.197. The van der Waals surface area contributed by atoms with Crippen molar-refractivity contribution in [2.45, 2.75) is 13.5 Å². The number of phenols is 2. The molecule has 0 radical (unpaired) electrons. The first kappa shape index (κ1) is 19.1. The molecule has 0 amide bonds. The van der Waals surface area contributed by atoms with Gasteiger partial charge in [0, 0.05) is 18.1 Å². The fourth-order valence-electron chi connectivity index (χ4n) is 2.79. The summed E-state index contributed by atoms with van der Waals surface area (Å²) in [4.78, 5) is 55.9. The number of carbonyl (C=O) groups excluding carboxylic acids is 4. The number of phenolic OH excluding ortho intramolecular Hbond substituents is 2. The van der Waals surface area contributed by atoms with Gasteiger partial charge in [-0.05, 0) is 23.8 Å². The molecule has 0 heterocycles. The predicted molar refractivity (Wildman–Crippen MR) is 90.6 cm³/mol. The maximum atomic E-state index is 12.7. The molecular formula is C19H14O9. The third-order valence-corrected chi connectivity index (χ3v) is 3.92. The normalized spacial score (nSPS) is 12.2. The second kappa shape index (κ2) is 7.49. The Morgan fingerprint density at radius 2 is 1.68 bits per heavy atom. The van der Waals surface area contributed by atoms with Crippen LogP contribution in [0.3, 0.4) is 0 Å². The fraction of sp³-hybridized carbons (Fsp3) is 0.158. The van der Waals surface area contributed by atoms with Crippen LogP contribution in [0.1, 0.15) is 44.3 Å². The first-order valence-corrected chi connectivity index (χ1v) is 8.02. The number of ether oxygens (including phenoxy) is 1. The van der Waals surface area contributed by atoms with Crippen LogP contribution >= 0.6 is 0 Å². The lowest BCUT2D eigenvalue weighted by atomic mass is 9.82. The highest BCUT2D eigenvalue weighted by Gasteiger charge is 2.34. The second-order valence-corrected chi connectivity index (χ2v) is 5.89. The summed E-state index contributed by atoms with van der Waals surface area (Å²) in [5.74, 6) is -3.66. The molecule has 0 saturated heterocycles. The monoisotopic (exact) mass is 386 g/mol. The number of carbonyl (C=O) groups is 4. The Balaban J connectivity index is 1.82. The minimum Gasteiger partial charge on any atom is -0.507 e. The Labute approximate surface area is 158 Å². The van der Waals surface area contributed by atoms with Crippen LogP contribution < -0.4 is 0 Å². The lowest BCUT2D eigenvalue weighted by molar-refractivity contribution is -0.270. The van der Waals surface area contributed by atoms with Gasteiger partial charge in [0.05, 0.1) is 11.1 Å². The average Bonchev–Trinajstić information content (AvgIpc) is 2.63. The molecule has 9 nitrogen and oxygen atoms in total. The fourth-order valence-corrected chi connectivity index (χ4v) is 2.79. The Morgan fingerprint density at radius 1 is 0.964 bits per heavy atom. The minimum absolute atomic E-state index is 0.0147. The van der Waals surface area contributed by atoms with E-state index in [1.165, 1.54) is 30.3 Å². The standard InChI is InChI=1S/C19H14O9/c1-9(20)28-27-8-15(23)26-7-10-5-12-17(14(22)6-10)19(25)16-11(18(12)24)3-2-4-13(16)21/h2-6,21-22H,7-8H2,1H3. The van der Waals surface area contributed by atoms with Crippen LogP contribution in [0.4, 0.5) is 0 Å². The van der Waals surface area contributed by atoms with Crippen molar-refractivity contribution >= 4 is 23.5 Å². The first-order chi connectivity index (χ1) is 13.3. The lowest BCUT2D eigenvalue weighted by Gasteiger charge is -2.20. The molecule has 0 fully saturated rings. The van der Waals surface area contributed by atoms with Crippen LogP contribution in [0, 0.1) is 0 Å². The Hall–Kier alpha value is -3.72. The number of hydrogen-bond donors (Lipinski definition) is 2. The highest BCUT2D eigenvalue weighted by atomic mass is 17.2. The summed E-state index contributed by atoms with van der Waals surface area (Å²) >= 11 is 0. The van der Waals surface area contributed by atoms with Crippen LogP contribution in [-0.4, -0.2) is 40.3 Å². The zero-order valence-electron chi connectivity index (χ0n) is 14.6. The molecule has 0 aliphatic heterocycles. The van der Waals surface area contributed by atoms with E-state index < -0.39 is 35.9 Å². The molecule has 28 heavy (non-hydrogen) atoms. The zero-order valence-corrected chi connectivity index (χ0v) is 14.6. The van der Waals surface area contributed by atoms with Crippen molar-refractivity contribution in [3.63, 3.8) is 0 Å². The third kappa shape index (κ3) is 3.55. The molecule has 3 rings (SSSR count). The summed E-state index contributed by atoms with van der Waals surface area (Å²) in [7, 11) is 0. The number of hydrogen-bond acceptors (Lipinski definition) is 9. The van der Waals surface area contributed by atoms with Crippen LogP contribution in [0.5, 0.6) is 11.5 Å². The van der Waals surface area contributed by atoms with Crippen LogP contribution in [-0.2, 0) is 30.7 Å². The molecule has 0 atom stereocenters. The van der Waals surface area contributed by atoms with Gasteiger partial charge in [0.25, 0.3) is 0 Å². The van der Waals surface area contributed by atoms with Crippen molar-refractivity contribution in [1.29, 1.82) is 0 Å². The maximum absolute atomic E-state index is 12.7. The van der Waals surface area contributed by atoms with Crippen molar-refractivity contribution in [3.8, 4) is 11.5 Å². The predicted octanol–water partition coefficient (Wildman–Crippen LogP) is 1.41. The van der Waals surface area contributed by atoms with Crippen molar-refractivity contribution in [1.82, 2.24) is 0 Å². The van der Waals surface area contributed by atoms with Crippen LogP contribution in [0.25, 0.3) is 0 Å². The minimum atomic E-state index is -0.851. The number of aromatic hydroxyl groups is 2. The lowest BCUT2D eigenvalue weighted by Crippen LogP contribution is -2.21. The van der Waals surface area contributed by atoms with E-state index in [9.17, 15) is 29.4 Å². The number of ketones is 2. The van der Waals surface area contributed by atoms with E-state index in [1.54, 1.807) is 0 Å². The SMILES string of the molecule is CC(=O)OOCC(=O)OCc1cc(O)c2c(c1)C(=O)c1cccc(O)c1C2=O. The Morgan fingerprint density at radius 3 is 2.39 bits per heavy atom. The van der Waals surface area contributed by atoms with Crippen molar-refractivity contribution in [2.75, 3.05) is 6.61 Å². The zero-order chi connectivity index (χ0) is 20.4. The molecule has 1 aliphatic carbocycles. The summed E-state index contributed by atoms with van der Waals surface area (Å²) in [6.45, 7) is 0.134. The van der Waals surface area contributed by atoms with Gasteiger partial charge in [0.1, 0.15) is 18.1 Å². The highest BCUT2D eigenvalue weighted by molar-refractivity contribution is 6.30. The quantitative estimate of drug-likeness (QED) is 0.379. The van der Waals surface area contributed by atoms with Gasteiger partial charge in [-0.3, -0.25) is 14.5 Å². The van der Waals surface area contributed by atoms with Gasteiger partial charge in [-0.1, -0.05) is 12.1 Å². The molecule has 144 valence electrons. The van der Waals surface area contributed by atoms with Gasteiger partial charge in [-0.15, -0.1) is 0 Å². The summed E-state index contributed by atoms with van der Waals surface area (Å²) < 4.78 is 4.90. The Bertz CT molecular complexity index is 1010. The van der Waals surface area contributed by atoms with Crippen LogP contribution in [0.15, 0.2) is 30.3 Å². The molecule has 9 heteroatoms. The van der Waals surface area contributed by atoms with Crippen molar-refractivity contribution in [3.05, 3.63) is 58.1 Å². The van der Waals surface area contributed by atoms with E-state index in [4.69, 9.17) is 4.74 Å². The smallest absolute Gasteiger partial charge is 0.339 e. The van der Waals surface area contributed by atoms with E-state index in [1.807, 2.05) is 0 Å². The summed E-state index contributed by atoms with van der Waals surface area (Å²) in [6, 6.07) is 6.60. The number of esters is 1. The average molecular weight is 386 g/mol. The van der Waals surface area contributed by atoms with E-state index >= 15 is 0 Å². The van der Waals surface area contributed by atoms with Gasteiger partial charge in [0.15, 0.2) is 12.4 Å². The molecular weight excluding hydrogens is 372 g/mol. The van der Waals surface area contributed by atoms with Gasteiger partial charge in [-0.25, -0.2) is 9.59 Å². The van der Waals surface area contributed by atoms with E-state index in [2.05, 4.69) is 9.78 Å². The van der Waals surface area contributed by atoms with E-state index in [0.717, 1.165) is 6.92 Å². The molecule has 2 N–H and O–H groups in total. The molecule has 1 aliphatic rings. The van der Waals surface area contributed by atoms with E-state index in [-0.39, 0.29) is 40.2 Å². The van der Waals surface area contributed by atoms with Crippen molar-refractivity contribution in [2.24, 2.45) is 0 Å². The number of fused-ring (bicyclic) bond motifs is 2.